The van der Waals surface area contributed by atoms with E-state index in [1.165, 1.54) is 12.0 Å². The Balaban J connectivity index is 1.75. The molecule has 0 aliphatic heterocycles. The Labute approximate surface area is 169 Å². The van der Waals surface area contributed by atoms with E-state index in [0.717, 1.165) is 47.6 Å². The van der Waals surface area contributed by atoms with Crippen molar-refractivity contribution in [2.75, 3.05) is 19.5 Å². The van der Waals surface area contributed by atoms with Gasteiger partial charge in [-0.2, -0.15) is 0 Å². The minimum absolute atomic E-state index is 0.00346. The molecule has 1 heterocycles. The van der Waals surface area contributed by atoms with Crippen molar-refractivity contribution in [1.82, 2.24) is 5.32 Å². The molecule has 0 spiro atoms. The van der Waals surface area contributed by atoms with Gasteiger partial charge < -0.3 is 20.1 Å². The van der Waals surface area contributed by atoms with Crippen molar-refractivity contribution in [2.45, 2.75) is 38.6 Å². The first-order chi connectivity index (χ1) is 13.0. The third-order valence-corrected chi connectivity index (χ3v) is 6.16. The Morgan fingerprint density at radius 1 is 1.26 bits per heavy atom. The highest BCUT2D eigenvalue weighted by Crippen LogP contribution is 2.38. The first-order valence-electron chi connectivity index (χ1n) is 8.97. The molecule has 144 valence electrons. The number of rotatable bonds is 5. The van der Waals surface area contributed by atoms with E-state index >= 15 is 0 Å². The van der Waals surface area contributed by atoms with Crippen LogP contribution in [0, 0.1) is 0 Å². The Hall–Kier alpha value is -2.12. The molecule has 7 heteroatoms. The molecule has 1 aliphatic rings. The van der Waals surface area contributed by atoms with Gasteiger partial charge in [0.15, 0.2) is 5.11 Å². The molecule has 1 aliphatic carbocycles. The summed E-state index contributed by atoms with van der Waals surface area (Å²) in [5.41, 5.74) is 2.82. The lowest BCUT2D eigenvalue weighted by atomic mass is 9.95. The number of esters is 1. The molecule has 1 atom stereocenters. The van der Waals surface area contributed by atoms with Crippen LogP contribution in [-0.2, 0) is 17.6 Å². The summed E-state index contributed by atoms with van der Waals surface area (Å²) < 4.78 is 10.3. The van der Waals surface area contributed by atoms with Crippen molar-refractivity contribution in [2.24, 2.45) is 0 Å². The zero-order valence-electron chi connectivity index (χ0n) is 15.8. The van der Waals surface area contributed by atoms with Gasteiger partial charge in [0.25, 0.3) is 0 Å². The van der Waals surface area contributed by atoms with Gasteiger partial charge in [0.05, 0.1) is 25.8 Å². The van der Waals surface area contributed by atoms with Crippen LogP contribution >= 0.6 is 23.6 Å². The van der Waals surface area contributed by atoms with E-state index in [1.54, 1.807) is 18.4 Å². The molecule has 2 N–H and O–H groups in total. The first-order valence-corrected chi connectivity index (χ1v) is 10.2. The number of thiocarbonyl (C=S) groups is 1. The molecule has 1 aromatic carbocycles. The van der Waals surface area contributed by atoms with Crippen LogP contribution < -0.4 is 15.4 Å². The minimum Gasteiger partial charge on any atom is -0.497 e. The maximum atomic E-state index is 12.3. The van der Waals surface area contributed by atoms with Crippen molar-refractivity contribution < 1.29 is 14.3 Å². The van der Waals surface area contributed by atoms with Gasteiger partial charge in [-0.1, -0.05) is 12.1 Å². The Morgan fingerprint density at radius 3 is 2.78 bits per heavy atom. The quantitative estimate of drug-likeness (QED) is 0.566. The van der Waals surface area contributed by atoms with Crippen LogP contribution in [0.3, 0.4) is 0 Å². The Bertz CT molecular complexity index is 848. The second-order valence-electron chi connectivity index (χ2n) is 6.50. The first kappa shape index (κ1) is 19.6. The van der Waals surface area contributed by atoms with Crippen LogP contribution in [0.5, 0.6) is 5.75 Å². The summed E-state index contributed by atoms with van der Waals surface area (Å²) in [4.78, 5) is 13.6. The maximum Gasteiger partial charge on any atom is 0.341 e. The summed E-state index contributed by atoms with van der Waals surface area (Å²) in [6.07, 6.45) is 4.18. The molecule has 0 amide bonds. The SMILES string of the molecule is COC(=O)c1c(NC(=S)NC(C)c2cccc(OC)c2)sc2c1CCCC2. The summed E-state index contributed by atoms with van der Waals surface area (Å²) in [6.45, 7) is 2.03. The molecule has 0 saturated heterocycles. The number of hydrogen-bond acceptors (Lipinski definition) is 5. The topological polar surface area (TPSA) is 59.6 Å². The average molecular weight is 405 g/mol. The fourth-order valence-electron chi connectivity index (χ4n) is 3.30. The zero-order valence-corrected chi connectivity index (χ0v) is 17.4. The number of fused-ring (bicyclic) bond motifs is 1. The second kappa shape index (κ2) is 8.71. The van der Waals surface area contributed by atoms with E-state index in [2.05, 4.69) is 10.6 Å². The van der Waals surface area contributed by atoms with Crippen LogP contribution in [0.2, 0.25) is 0 Å². The van der Waals surface area contributed by atoms with E-state index in [9.17, 15) is 4.79 Å². The van der Waals surface area contributed by atoms with Gasteiger partial charge >= 0.3 is 5.97 Å². The van der Waals surface area contributed by atoms with E-state index in [4.69, 9.17) is 21.7 Å². The molecule has 0 radical (unpaired) electrons. The van der Waals surface area contributed by atoms with Crippen molar-refractivity contribution in [3.8, 4) is 5.75 Å². The van der Waals surface area contributed by atoms with Crippen LogP contribution in [0.15, 0.2) is 24.3 Å². The number of ether oxygens (including phenoxy) is 2. The smallest absolute Gasteiger partial charge is 0.341 e. The van der Waals surface area contributed by atoms with Crippen molar-refractivity contribution >= 4 is 39.6 Å². The van der Waals surface area contributed by atoms with Gasteiger partial charge in [-0.15, -0.1) is 11.3 Å². The lowest BCUT2D eigenvalue weighted by Crippen LogP contribution is -2.31. The highest BCUT2D eigenvalue weighted by molar-refractivity contribution is 7.80. The number of aryl methyl sites for hydroxylation is 1. The lowest BCUT2D eigenvalue weighted by Gasteiger charge is -2.18. The normalized spacial score (nSPS) is 14.0. The molecule has 3 rings (SSSR count). The molecule has 0 fully saturated rings. The van der Waals surface area contributed by atoms with Gasteiger partial charge in [0.2, 0.25) is 0 Å². The monoisotopic (exact) mass is 404 g/mol. The number of benzene rings is 1. The van der Waals surface area contributed by atoms with Crippen molar-refractivity contribution in [3.63, 3.8) is 0 Å². The third-order valence-electron chi connectivity index (χ3n) is 4.73. The largest absolute Gasteiger partial charge is 0.497 e. The predicted molar refractivity (Wildman–Crippen MR) is 113 cm³/mol. The van der Waals surface area contributed by atoms with Crippen LogP contribution in [0.1, 0.15) is 52.2 Å². The van der Waals surface area contributed by atoms with E-state index < -0.39 is 0 Å². The predicted octanol–water partition coefficient (Wildman–Crippen LogP) is 4.47. The average Bonchev–Trinajstić information content (AvgIpc) is 3.04. The van der Waals surface area contributed by atoms with Crippen molar-refractivity contribution in [1.29, 1.82) is 0 Å². The van der Waals surface area contributed by atoms with E-state index in [-0.39, 0.29) is 12.0 Å². The fraction of sp³-hybridized carbons (Fsp3) is 0.400. The molecule has 1 unspecified atom stereocenters. The minimum atomic E-state index is -0.305. The number of carbonyl (C=O) groups excluding carboxylic acids is 1. The van der Waals surface area contributed by atoms with Gasteiger partial charge in [0.1, 0.15) is 10.8 Å². The fourth-order valence-corrected chi connectivity index (χ4v) is 4.93. The summed E-state index contributed by atoms with van der Waals surface area (Å²) >= 11 is 7.10. The zero-order chi connectivity index (χ0) is 19.4. The summed E-state index contributed by atoms with van der Waals surface area (Å²) in [7, 11) is 3.07. The van der Waals surface area contributed by atoms with Crippen LogP contribution in [0.4, 0.5) is 5.00 Å². The number of anilines is 1. The molecule has 0 bridgehead atoms. The summed E-state index contributed by atoms with van der Waals surface area (Å²) in [6, 6.07) is 7.85. The molecular formula is C20H24N2O3S2. The highest BCUT2D eigenvalue weighted by Gasteiger charge is 2.26. The standard InChI is InChI=1S/C20H24N2O3S2/c1-12(13-7-6-8-14(11-13)24-2)21-20(26)22-18-17(19(23)25-3)15-9-4-5-10-16(15)27-18/h6-8,11-12H,4-5,9-10H2,1-3H3,(H2,21,22,26). The number of carbonyl (C=O) groups is 1. The molecule has 1 aromatic heterocycles. The Morgan fingerprint density at radius 2 is 2.04 bits per heavy atom. The highest BCUT2D eigenvalue weighted by atomic mass is 32.1. The van der Waals surface area contributed by atoms with Gasteiger partial charge in [-0.25, -0.2) is 4.79 Å². The number of thiophene rings is 1. The van der Waals surface area contributed by atoms with E-state index in [0.29, 0.717) is 10.7 Å². The number of hydrogen-bond donors (Lipinski definition) is 2. The Kier molecular flexibility index (Phi) is 6.34. The number of methoxy groups -OCH3 is 2. The summed E-state index contributed by atoms with van der Waals surface area (Å²) in [5.74, 6) is 0.500. The second-order valence-corrected chi connectivity index (χ2v) is 8.02. The van der Waals surface area contributed by atoms with Crippen molar-refractivity contribution in [3.05, 3.63) is 45.8 Å². The lowest BCUT2D eigenvalue weighted by molar-refractivity contribution is 0.0601. The third kappa shape index (κ3) is 4.42. The maximum absolute atomic E-state index is 12.3. The molecule has 5 nitrogen and oxygen atoms in total. The van der Waals surface area contributed by atoms with Gasteiger partial charge in [-0.3, -0.25) is 0 Å². The number of nitrogens with one attached hydrogen (secondary N) is 2. The van der Waals surface area contributed by atoms with Crippen LogP contribution in [0.25, 0.3) is 0 Å². The molecule has 2 aromatic rings. The van der Waals surface area contributed by atoms with Gasteiger partial charge in [-0.05, 0) is 68.1 Å². The van der Waals surface area contributed by atoms with Crippen LogP contribution in [-0.4, -0.2) is 25.3 Å². The molecular weight excluding hydrogens is 380 g/mol. The molecule has 0 saturated carbocycles. The summed E-state index contributed by atoms with van der Waals surface area (Å²) in [5, 5.41) is 7.75. The van der Waals surface area contributed by atoms with Gasteiger partial charge in [0, 0.05) is 4.88 Å². The van der Waals surface area contributed by atoms with E-state index in [1.807, 2.05) is 31.2 Å². The molecule has 27 heavy (non-hydrogen) atoms.